The highest BCUT2D eigenvalue weighted by Crippen LogP contribution is 2.32. The fourth-order valence-electron chi connectivity index (χ4n) is 1.27. The topological polar surface area (TPSA) is 38.9 Å². The maximum absolute atomic E-state index is 5.59. The molecule has 0 aliphatic heterocycles. The van der Waals surface area contributed by atoms with E-state index in [9.17, 15) is 0 Å². The van der Waals surface area contributed by atoms with Gasteiger partial charge in [-0.05, 0) is 36.8 Å². The minimum atomic E-state index is 0.781. The molecule has 0 bridgehead atoms. The Labute approximate surface area is 66.4 Å². The van der Waals surface area contributed by atoms with Gasteiger partial charge in [0.2, 0.25) is 0 Å². The van der Waals surface area contributed by atoms with Gasteiger partial charge in [0.1, 0.15) is 0 Å². The molecule has 58 valence electrons. The van der Waals surface area contributed by atoms with Gasteiger partial charge in [-0.15, -0.1) is 0 Å². The molecule has 1 aliphatic rings. The highest BCUT2D eigenvalue weighted by Gasteiger charge is 2.21. The van der Waals surface area contributed by atoms with Gasteiger partial charge in [-0.2, -0.15) is 0 Å². The van der Waals surface area contributed by atoms with Crippen LogP contribution in [0.5, 0.6) is 0 Å². The Morgan fingerprint density at radius 2 is 2.27 bits per heavy atom. The third-order valence-electron chi connectivity index (χ3n) is 2.04. The van der Waals surface area contributed by atoms with Gasteiger partial charge in [0.05, 0.1) is 5.69 Å². The summed E-state index contributed by atoms with van der Waals surface area (Å²) in [6.45, 7) is 0. The highest BCUT2D eigenvalue weighted by molar-refractivity contribution is 5.37. The molecule has 2 N–H and O–H groups in total. The van der Waals surface area contributed by atoms with Crippen molar-refractivity contribution in [2.24, 2.45) is 5.92 Å². The van der Waals surface area contributed by atoms with E-state index in [-0.39, 0.29) is 0 Å². The molecule has 2 heteroatoms. The van der Waals surface area contributed by atoms with Crippen molar-refractivity contribution in [1.29, 1.82) is 0 Å². The van der Waals surface area contributed by atoms with Crippen molar-refractivity contribution >= 4 is 5.69 Å². The first-order valence-corrected chi connectivity index (χ1v) is 4.04. The lowest BCUT2D eigenvalue weighted by Gasteiger charge is -1.98. The number of nitrogens with zero attached hydrogens (tertiary/aromatic N) is 1. The second-order valence-corrected chi connectivity index (χ2v) is 3.27. The summed E-state index contributed by atoms with van der Waals surface area (Å²) < 4.78 is 0. The lowest BCUT2D eigenvalue weighted by Crippen LogP contribution is -1.92. The average molecular weight is 148 g/mol. The largest absolute Gasteiger partial charge is 0.397 e. The number of hydrogen-bond donors (Lipinski definition) is 1. The SMILES string of the molecule is Nc1cncc(CC2CC2)c1. The summed E-state index contributed by atoms with van der Waals surface area (Å²) >= 11 is 0. The number of hydrogen-bond acceptors (Lipinski definition) is 2. The molecule has 0 atom stereocenters. The van der Waals surface area contributed by atoms with E-state index in [1.807, 2.05) is 12.3 Å². The first kappa shape index (κ1) is 6.65. The third-order valence-corrected chi connectivity index (χ3v) is 2.04. The van der Waals surface area contributed by atoms with Gasteiger partial charge in [0.25, 0.3) is 0 Å². The Kier molecular flexibility index (Phi) is 1.53. The van der Waals surface area contributed by atoms with E-state index in [0.29, 0.717) is 0 Å². The van der Waals surface area contributed by atoms with Crippen molar-refractivity contribution in [3.05, 3.63) is 24.0 Å². The molecule has 0 unspecified atom stereocenters. The molecule has 0 amide bonds. The zero-order valence-electron chi connectivity index (χ0n) is 6.46. The molecular formula is C9H12N2. The summed E-state index contributed by atoms with van der Waals surface area (Å²) in [5.74, 6) is 0.915. The molecular weight excluding hydrogens is 136 g/mol. The molecule has 0 radical (unpaired) electrons. The van der Waals surface area contributed by atoms with Crippen molar-refractivity contribution in [3.63, 3.8) is 0 Å². The fraction of sp³-hybridized carbons (Fsp3) is 0.444. The van der Waals surface area contributed by atoms with E-state index in [2.05, 4.69) is 4.98 Å². The van der Waals surface area contributed by atoms with Crippen molar-refractivity contribution in [2.45, 2.75) is 19.3 Å². The Balaban J connectivity index is 2.10. The van der Waals surface area contributed by atoms with E-state index in [4.69, 9.17) is 5.73 Å². The number of aromatic nitrogens is 1. The van der Waals surface area contributed by atoms with Crippen molar-refractivity contribution in [1.82, 2.24) is 4.98 Å². The van der Waals surface area contributed by atoms with Crippen LogP contribution in [0, 0.1) is 5.92 Å². The smallest absolute Gasteiger partial charge is 0.0503 e. The molecule has 0 aromatic carbocycles. The lowest BCUT2D eigenvalue weighted by molar-refractivity contribution is 0.828. The molecule has 1 aliphatic carbocycles. The summed E-state index contributed by atoms with van der Waals surface area (Å²) in [5, 5.41) is 0. The van der Waals surface area contributed by atoms with Crippen LogP contribution in [0.4, 0.5) is 5.69 Å². The van der Waals surface area contributed by atoms with E-state index in [1.54, 1.807) is 6.20 Å². The number of pyridine rings is 1. The van der Waals surface area contributed by atoms with Crippen LogP contribution in [0.3, 0.4) is 0 Å². The van der Waals surface area contributed by atoms with Crippen LogP contribution in [0.2, 0.25) is 0 Å². The first-order valence-electron chi connectivity index (χ1n) is 4.04. The summed E-state index contributed by atoms with van der Waals surface area (Å²) in [6.07, 6.45) is 7.53. The highest BCUT2D eigenvalue weighted by atomic mass is 14.7. The second kappa shape index (κ2) is 2.53. The maximum Gasteiger partial charge on any atom is 0.0503 e. The van der Waals surface area contributed by atoms with Crippen LogP contribution in [0.25, 0.3) is 0 Å². The average Bonchev–Trinajstić information content (AvgIpc) is 2.71. The van der Waals surface area contributed by atoms with Gasteiger partial charge < -0.3 is 5.73 Å². The summed E-state index contributed by atoms with van der Waals surface area (Å²) in [6, 6.07) is 2.02. The molecule has 0 spiro atoms. The second-order valence-electron chi connectivity index (χ2n) is 3.27. The predicted octanol–water partition coefficient (Wildman–Crippen LogP) is 1.62. The number of rotatable bonds is 2. The number of nitrogen functional groups attached to an aromatic ring is 1. The molecule has 2 rings (SSSR count). The summed E-state index contributed by atoms with van der Waals surface area (Å²) in [4.78, 5) is 4.04. The van der Waals surface area contributed by atoms with Crippen molar-refractivity contribution in [3.8, 4) is 0 Å². The molecule has 1 aromatic heterocycles. The molecule has 1 aromatic rings. The maximum atomic E-state index is 5.59. The van der Waals surface area contributed by atoms with Crippen LogP contribution >= 0.6 is 0 Å². The number of anilines is 1. The Bertz CT molecular complexity index is 253. The zero-order valence-corrected chi connectivity index (χ0v) is 6.46. The summed E-state index contributed by atoms with van der Waals surface area (Å²) in [5.41, 5.74) is 7.66. The summed E-state index contributed by atoms with van der Waals surface area (Å²) in [7, 11) is 0. The van der Waals surface area contributed by atoms with E-state index >= 15 is 0 Å². The first-order chi connectivity index (χ1) is 5.34. The Hall–Kier alpha value is -1.05. The van der Waals surface area contributed by atoms with Gasteiger partial charge >= 0.3 is 0 Å². The van der Waals surface area contributed by atoms with Gasteiger partial charge in [-0.25, -0.2) is 0 Å². The fourth-order valence-corrected chi connectivity index (χ4v) is 1.27. The van der Waals surface area contributed by atoms with Crippen molar-refractivity contribution in [2.75, 3.05) is 5.73 Å². The number of nitrogens with two attached hydrogens (primary N) is 1. The Morgan fingerprint density at radius 1 is 1.45 bits per heavy atom. The van der Waals surface area contributed by atoms with Crippen LogP contribution < -0.4 is 5.73 Å². The minimum absolute atomic E-state index is 0.781. The molecule has 11 heavy (non-hydrogen) atoms. The van der Waals surface area contributed by atoms with Gasteiger partial charge in [-0.1, -0.05) is 0 Å². The standard InChI is InChI=1S/C9H12N2/c10-9-4-8(5-11-6-9)3-7-1-2-7/h4-7H,1-3,10H2. The van der Waals surface area contributed by atoms with Crippen LogP contribution in [0.15, 0.2) is 18.5 Å². The third kappa shape index (κ3) is 1.70. The lowest BCUT2D eigenvalue weighted by atomic mass is 10.1. The van der Waals surface area contributed by atoms with Crippen molar-refractivity contribution < 1.29 is 0 Å². The Morgan fingerprint density at radius 3 is 2.91 bits per heavy atom. The van der Waals surface area contributed by atoms with Crippen LogP contribution in [-0.2, 0) is 6.42 Å². The molecule has 1 fully saturated rings. The monoisotopic (exact) mass is 148 g/mol. The van der Waals surface area contributed by atoms with E-state index in [0.717, 1.165) is 18.0 Å². The van der Waals surface area contributed by atoms with E-state index < -0.39 is 0 Å². The molecule has 0 saturated heterocycles. The minimum Gasteiger partial charge on any atom is -0.397 e. The van der Waals surface area contributed by atoms with E-state index in [1.165, 1.54) is 18.4 Å². The normalized spacial score (nSPS) is 16.7. The molecule has 2 nitrogen and oxygen atoms in total. The zero-order chi connectivity index (χ0) is 7.68. The van der Waals surface area contributed by atoms with Gasteiger partial charge in [0, 0.05) is 12.4 Å². The predicted molar refractivity (Wildman–Crippen MR) is 45.1 cm³/mol. The van der Waals surface area contributed by atoms with Crippen LogP contribution in [-0.4, -0.2) is 4.98 Å². The molecule has 1 heterocycles. The van der Waals surface area contributed by atoms with Crippen LogP contribution in [0.1, 0.15) is 18.4 Å². The molecule has 1 saturated carbocycles. The quantitative estimate of drug-likeness (QED) is 0.692. The van der Waals surface area contributed by atoms with Gasteiger partial charge in [-0.3, -0.25) is 4.98 Å². The van der Waals surface area contributed by atoms with Gasteiger partial charge in [0.15, 0.2) is 0 Å².